The van der Waals surface area contributed by atoms with Gasteiger partial charge in [-0.25, -0.2) is 9.78 Å². The Kier molecular flexibility index (Phi) is 5.54. The molecule has 29 heavy (non-hydrogen) atoms. The highest BCUT2D eigenvalue weighted by atomic mass is 19.4. The lowest BCUT2D eigenvalue weighted by molar-refractivity contribution is -0.137. The van der Waals surface area contributed by atoms with Crippen molar-refractivity contribution < 1.29 is 31.1 Å². The van der Waals surface area contributed by atoms with E-state index in [-0.39, 0.29) is 35.7 Å². The lowest BCUT2D eigenvalue weighted by atomic mass is 10.00. The van der Waals surface area contributed by atoms with Gasteiger partial charge in [0, 0.05) is 36.9 Å². The van der Waals surface area contributed by atoms with Crippen LogP contribution in [0.3, 0.4) is 0 Å². The number of hydrogen-bond donors (Lipinski definition) is 3. The van der Waals surface area contributed by atoms with Crippen molar-refractivity contribution >= 4 is 22.8 Å². The molecule has 2 aromatic heterocycles. The van der Waals surface area contributed by atoms with Gasteiger partial charge >= 0.3 is 18.4 Å². The summed E-state index contributed by atoms with van der Waals surface area (Å²) in [5, 5.41) is 4.92. The lowest BCUT2D eigenvalue weighted by Crippen LogP contribution is -2.43. The smallest absolute Gasteiger partial charge is 0.379 e. The summed E-state index contributed by atoms with van der Waals surface area (Å²) in [6.07, 6.45) is -6.47. The van der Waals surface area contributed by atoms with E-state index in [1.54, 1.807) is 12.2 Å². The molecule has 2 atom stereocenters. The predicted octanol–water partition coefficient (Wildman–Crippen LogP) is 3.98. The predicted molar refractivity (Wildman–Crippen MR) is 93.3 cm³/mol. The fourth-order valence-electron chi connectivity index (χ4n) is 3.47. The molecule has 1 aliphatic rings. The number of aromatic amines is 1. The zero-order valence-corrected chi connectivity index (χ0v) is 15.3. The number of pyridine rings is 1. The fourth-order valence-corrected chi connectivity index (χ4v) is 3.47. The van der Waals surface area contributed by atoms with E-state index >= 15 is 0 Å². The van der Waals surface area contributed by atoms with Crippen LogP contribution in [0.2, 0.25) is 0 Å². The number of urea groups is 1. The summed E-state index contributed by atoms with van der Waals surface area (Å²) in [6.45, 7) is 0.456. The van der Waals surface area contributed by atoms with Crippen LogP contribution in [-0.4, -0.2) is 52.8 Å². The number of fused-ring (bicyclic) bond motifs is 1. The fraction of sp³-hybridized carbons (Fsp3) is 0.529. The van der Waals surface area contributed by atoms with Gasteiger partial charge < -0.3 is 20.5 Å². The first-order valence-corrected chi connectivity index (χ1v) is 8.89. The second kappa shape index (κ2) is 7.64. The Balaban J connectivity index is 1.82. The van der Waals surface area contributed by atoms with Crippen LogP contribution in [0.4, 0.5) is 36.8 Å². The third-order valence-corrected chi connectivity index (χ3v) is 4.91. The molecule has 0 radical (unpaired) electrons. The summed E-state index contributed by atoms with van der Waals surface area (Å²) in [5.74, 6) is -0.227. The number of carbonyl (C=O) groups is 1. The van der Waals surface area contributed by atoms with Crippen LogP contribution in [0, 0.1) is 5.92 Å². The van der Waals surface area contributed by atoms with Crippen molar-refractivity contribution in [3.8, 4) is 0 Å². The zero-order valence-electron chi connectivity index (χ0n) is 15.3. The minimum atomic E-state index is -4.65. The largest absolute Gasteiger partial charge is 0.419 e. The summed E-state index contributed by atoms with van der Waals surface area (Å²) < 4.78 is 77.4. The van der Waals surface area contributed by atoms with Gasteiger partial charge in [0.25, 0.3) is 0 Å². The molecule has 0 unspecified atom stereocenters. The third-order valence-electron chi connectivity index (χ3n) is 4.91. The van der Waals surface area contributed by atoms with Crippen molar-refractivity contribution in [2.45, 2.75) is 31.7 Å². The van der Waals surface area contributed by atoms with E-state index in [2.05, 4.69) is 15.3 Å². The van der Waals surface area contributed by atoms with Gasteiger partial charge in [-0.15, -0.1) is 0 Å². The van der Waals surface area contributed by atoms with E-state index in [1.807, 2.05) is 0 Å². The highest BCUT2D eigenvalue weighted by Gasteiger charge is 2.39. The van der Waals surface area contributed by atoms with Crippen molar-refractivity contribution in [3.05, 3.63) is 24.0 Å². The van der Waals surface area contributed by atoms with E-state index < -0.39 is 36.5 Å². The third kappa shape index (κ3) is 4.67. The second-order valence-electron chi connectivity index (χ2n) is 6.88. The molecule has 0 saturated carbocycles. The Morgan fingerprint density at radius 3 is 2.62 bits per heavy atom. The number of alkyl halides is 6. The lowest BCUT2D eigenvalue weighted by Gasteiger charge is -2.23. The molecule has 3 heterocycles. The molecule has 3 N–H and O–H groups in total. The first-order valence-electron chi connectivity index (χ1n) is 8.89. The summed E-state index contributed by atoms with van der Waals surface area (Å²) in [7, 11) is 0. The van der Waals surface area contributed by atoms with Crippen LogP contribution in [0.25, 0.3) is 11.0 Å². The number of halogens is 6. The molecular formula is C17H19F6N5O. The van der Waals surface area contributed by atoms with Crippen molar-refractivity contribution in [2.75, 3.05) is 25.0 Å². The number of likely N-dealkylation sites (tertiary alicyclic amines) is 1. The maximum Gasteiger partial charge on any atom is 0.419 e. The molecule has 0 spiro atoms. The summed E-state index contributed by atoms with van der Waals surface area (Å²) in [5.41, 5.74) is -0.838. The normalized spacial score (nSPS) is 20.3. The average Bonchev–Trinajstić information content (AvgIpc) is 3.25. The maximum atomic E-state index is 13.5. The Morgan fingerprint density at radius 1 is 1.28 bits per heavy atom. The van der Waals surface area contributed by atoms with Crippen molar-refractivity contribution in [1.82, 2.24) is 20.2 Å². The number of nitrogens with one attached hydrogen (secondary N) is 3. The van der Waals surface area contributed by atoms with Crippen molar-refractivity contribution in [3.63, 3.8) is 0 Å². The molecule has 0 aliphatic carbocycles. The topological polar surface area (TPSA) is 73.1 Å². The van der Waals surface area contributed by atoms with Gasteiger partial charge in [0.1, 0.15) is 12.2 Å². The van der Waals surface area contributed by atoms with Gasteiger partial charge in [0.2, 0.25) is 0 Å². The van der Waals surface area contributed by atoms with Gasteiger partial charge in [0.15, 0.2) is 0 Å². The van der Waals surface area contributed by atoms with E-state index in [0.29, 0.717) is 6.42 Å². The molecule has 0 bridgehead atoms. The summed E-state index contributed by atoms with van der Waals surface area (Å²) in [6, 6.07) is 0.00440. The van der Waals surface area contributed by atoms with Crippen LogP contribution in [-0.2, 0) is 6.18 Å². The molecular weight excluding hydrogens is 404 g/mol. The maximum absolute atomic E-state index is 13.5. The molecule has 2 aromatic rings. The van der Waals surface area contributed by atoms with E-state index in [1.165, 1.54) is 17.2 Å². The Morgan fingerprint density at radius 2 is 2.00 bits per heavy atom. The Bertz CT molecular complexity index is 877. The van der Waals surface area contributed by atoms with Crippen molar-refractivity contribution in [2.24, 2.45) is 5.92 Å². The van der Waals surface area contributed by atoms with Crippen LogP contribution >= 0.6 is 0 Å². The second-order valence-corrected chi connectivity index (χ2v) is 6.88. The highest BCUT2D eigenvalue weighted by molar-refractivity contribution is 5.91. The number of carbonyl (C=O) groups excluding carboxylic acids is 1. The van der Waals surface area contributed by atoms with Crippen LogP contribution in [0.1, 0.15) is 18.9 Å². The molecule has 1 saturated heterocycles. The van der Waals surface area contributed by atoms with Crippen LogP contribution in [0.15, 0.2) is 18.5 Å². The Labute approximate surface area is 161 Å². The molecule has 1 aliphatic heterocycles. The summed E-state index contributed by atoms with van der Waals surface area (Å²) in [4.78, 5) is 19.7. The minimum absolute atomic E-state index is 0.0201. The highest BCUT2D eigenvalue weighted by Crippen LogP contribution is 2.39. The minimum Gasteiger partial charge on any atom is -0.379 e. The molecule has 2 amide bonds. The molecule has 6 nitrogen and oxygen atoms in total. The van der Waals surface area contributed by atoms with Gasteiger partial charge in [-0.1, -0.05) is 6.92 Å². The molecule has 3 rings (SSSR count). The van der Waals surface area contributed by atoms with Gasteiger partial charge in [-0.05, 0) is 18.4 Å². The monoisotopic (exact) mass is 423 g/mol. The number of amides is 2. The average molecular weight is 423 g/mol. The molecule has 0 aromatic carbocycles. The van der Waals surface area contributed by atoms with E-state index in [4.69, 9.17) is 0 Å². The van der Waals surface area contributed by atoms with E-state index in [9.17, 15) is 31.1 Å². The van der Waals surface area contributed by atoms with Gasteiger partial charge in [-0.2, -0.15) is 26.3 Å². The first kappa shape index (κ1) is 21.1. The van der Waals surface area contributed by atoms with E-state index in [0.717, 1.165) is 6.20 Å². The number of rotatable bonds is 4. The number of H-pyrrole nitrogens is 1. The van der Waals surface area contributed by atoms with Crippen molar-refractivity contribution in [1.29, 1.82) is 0 Å². The standard InChI is InChI=1S/C17H19F6N5O/c1-2-9-6-28(15(29)26-8-16(18,19)20)7-12(9)27-13-10-3-4-24-14(10)25-5-11(13)17(21,22)23/h3-5,9,12H,2,6-8H2,1H3,(H,26,29)(H2,24,25,27)/t9-,12+/m1/s1. The van der Waals surface area contributed by atoms with Crippen LogP contribution < -0.4 is 10.6 Å². The molecule has 12 heteroatoms. The van der Waals surface area contributed by atoms with Gasteiger partial charge in [-0.3, -0.25) is 0 Å². The number of aromatic nitrogens is 2. The molecule has 160 valence electrons. The quantitative estimate of drug-likeness (QED) is 0.652. The molecule has 1 fully saturated rings. The Hall–Kier alpha value is -2.66. The number of hydrogen-bond acceptors (Lipinski definition) is 3. The number of anilines is 1. The van der Waals surface area contributed by atoms with Gasteiger partial charge in [0.05, 0.1) is 11.3 Å². The summed E-state index contributed by atoms with van der Waals surface area (Å²) >= 11 is 0. The zero-order chi connectivity index (χ0) is 21.4. The van der Waals surface area contributed by atoms with Crippen LogP contribution in [0.5, 0.6) is 0 Å². The SMILES string of the molecule is CC[C@@H]1CN(C(=O)NCC(F)(F)F)C[C@@H]1Nc1c(C(F)(F)F)cnc2[nH]ccc12. The number of nitrogens with zero attached hydrogens (tertiary/aromatic N) is 2. The first-order chi connectivity index (χ1) is 13.5.